The highest BCUT2D eigenvalue weighted by Gasteiger charge is 2.36. The Balaban J connectivity index is 1.39. The van der Waals surface area contributed by atoms with Gasteiger partial charge in [-0.05, 0) is 48.1 Å². The molecule has 0 aliphatic carbocycles. The number of nitrogens with zero attached hydrogens (tertiary/aromatic N) is 2. The highest BCUT2D eigenvalue weighted by atomic mass is 32.2. The second-order valence-electron chi connectivity index (χ2n) is 8.61. The number of hydrogen-bond acceptors (Lipinski definition) is 6. The Morgan fingerprint density at radius 1 is 1.09 bits per heavy atom. The van der Waals surface area contributed by atoms with Gasteiger partial charge in [0.25, 0.3) is 0 Å². The maximum atomic E-state index is 12.6. The first-order chi connectivity index (χ1) is 15.8. The van der Waals surface area contributed by atoms with Gasteiger partial charge >= 0.3 is 0 Å². The van der Waals surface area contributed by atoms with Crippen LogP contribution in [0.3, 0.4) is 0 Å². The summed E-state index contributed by atoms with van der Waals surface area (Å²) in [5.41, 5.74) is 7.96. The minimum Gasteiger partial charge on any atom is -0.381 e. The lowest BCUT2D eigenvalue weighted by molar-refractivity contribution is -0.130. The van der Waals surface area contributed by atoms with Crippen LogP contribution in [0.25, 0.3) is 11.1 Å². The number of nitrogens with two attached hydrogens (primary N) is 1. The smallest absolute Gasteiger partial charge is 0.243 e. The van der Waals surface area contributed by atoms with Gasteiger partial charge in [0.2, 0.25) is 15.9 Å². The van der Waals surface area contributed by atoms with Crippen molar-refractivity contribution in [2.45, 2.75) is 42.2 Å². The van der Waals surface area contributed by atoms with Crippen molar-refractivity contribution in [3.8, 4) is 17.2 Å². The summed E-state index contributed by atoms with van der Waals surface area (Å²) in [6.07, 6.45) is 2.14. The van der Waals surface area contributed by atoms with E-state index in [-0.39, 0.29) is 5.91 Å². The van der Waals surface area contributed by atoms with E-state index in [4.69, 9.17) is 10.5 Å². The zero-order valence-corrected chi connectivity index (χ0v) is 19.2. The second-order valence-corrected chi connectivity index (χ2v) is 10.5. The van der Waals surface area contributed by atoms with Crippen LogP contribution in [0.2, 0.25) is 0 Å². The third-order valence-corrected chi connectivity index (χ3v) is 8.25. The zero-order chi connectivity index (χ0) is 23.5. The van der Waals surface area contributed by atoms with E-state index in [1.807, 2.05) is 24.3 Å². The number of rotatable bonds is 7. The molecular formula is C24H28N4O4S. The van der Waals surface area contributed by atoms with E-state index in [0.29, 0.717) is 50.5 Å². The largest absolute Gasteiger partial charge is 0.381 e. The number of hydrogen-bond donors (Lipinski definition) is 2. The monoisotopic (exact) mass is 468 g/mol. The fourth-order valence-electron chi connectivity index (χ4n) is 3.96. The Hall–Kier alpha value is -2.77. The first kappa shape index (κ1) is 23.4. The molecule has 3 N–H and O–H groups in total. The topological polar surface area (TPSA) is 126 Å². The van der Waals surface area contributed by atoms with Gasteiger partial charge in [0.05, 0.1) is 16.5 Å². The van der Waals surface area contributed by atoms with E-state index in [1.54, 1.807) is 24.3 Å². The summed E-state index contributed by atoms with van der Waals surface area (Å²) >= 11 is 0. The number of ether oxygens (including phenoxy) is 1. The van der Waals surface area contributed by atoms with Crippen LogP contribution in [-0.4, -0.2) is 56.5 Å². The fourth-order valence-corrected chi connectivity index (χ4v) is 5.48. The van der Waals surface area contributed by atoms with E-state index in [2.05, 4.69) is 11.4 Å². The molecule has 0 spiro atoms. The summed E-state index contributed by atoms with van der Waals surface area (Å²) < 4.78 is 31.7. The van der Waals surface area contributed by atoms with Crippen LogP contribution >= 0.6 is 0 Å². The molecule has 0 aromatic heterocycles. The minimum atomic E-state index is -3.39. The lowest BCUT2D eigenvalue weighted by atomic mass is 9.90. The average Bonchev–Trinajstić information content (AvgIpc) is 2.78. The van der Waals surface area contributed by atoms with Crippen LogP contribution < -0.4 is 11.1 Å². The molecule has 1 atom stereocenters. The van der Waals surface area contributed by atoms with Crippen LogP contribution in [-0.2, 0) is 26.0 Å². The van der Waals surface area contributed by atoms with Crippen LogP contribution in [0.1, 0.15) is 24.8 Å². The molecule has 174 valence electrons. The van der Waals surface area contributed by atoms with Crippen molar-refractivity contribution < 1.29 is 17.9 Å². The van der Waals surface area contributed by atoms with E-state index < -0.39 is 21.6 Å². The van der Waals surface area contributed by atoms with Crippen molar-refractivity contribution >= 4 is 15.9 Å². The van der Waals surface area contributed by atoms with Gasteiger partial charge in [-0.15, -0.1) is 0 Å². The molecule has 1 amide bonds. The fraction of sp³-hybridized carbons (Fsp3) is 0.417. The summed E-state index contributed by atoms with van der Waals surface area (Å²) in [4.78, 5) is 12.9. The molecule has 2 aliphatic heterocycles. The molecule has 0 radical (unpaired) electrons. The first-order valence-electron chi connectivity index (χ1n) is 11.1. The van der Waals surface area contributed by atoms with Gasteiger partial charge in [-0.1, -0.05) is 36.4 Å². The maximum absolute atomic E-state index is 12.6. The molecule has 2 fully saturated rings. The van der Waals surface area contributed by atoms with Gasteiger partial charge in [-0.3, -0.25) is 4.79 Å². The van der Waals surface area contributed by atoms with Crippen molar-refractivity contribution in [2.75, 3.05) is 26.3 Å². The van der Waals surface area contributed by atoms with Crippen LogP contribution in [0.5, 0.6) is 0 Å². The van der Waals surface area contributed by atoms with Gasteiger partial charge in [0.1, 0.15) is 6.04 Å². The molecule has 8 nitrogen and oxygen atoms in total. The Bertz CT molecular complexity index is 1130. The van der Waals surface area contributed by atoms with Crippen molar-refractivity contribution in [2.24, 2.45) is 5.73 Å². The van der Waals surface area contributed by atoms with Crippen molar-refractivity contribution in [1.82, 2.24) is 9.62 Å². The Morgan fingerprint density at radius 2 is 1.67 bits per heavy atom. The summed E-state index contributed by atoms with van der Waals surface area (Å²) in [6.45, 7) is 2.04. The predicted octanol–water partition coefficient (Wildman–Crippen LogP) is 1.81. The zero-order valence-electron chi connectivity index (χ0n) is 18.4. The quantitative estimate of drug-likeness (QED) is 0.638. The standard InChI is InChI=1S/C24H28N4O4S/c25-17-21(27-23(29)24(26)10-14-32-15-11-24)16-18-2-4-19(5-3-18)20-6-8-22(9-7-20)33(30,31)28-12-1-13-28/h2-9,21H,1,10-16,26H2,(H,27,29). The molecule has 2 saturated heterocycles. The van der Waals surface area contributed by atoms with Crippen molar-refractivity contribution in [1.29, 1.82) is 5.26 Å². The third kappa shape index (κ3) is 5.09. The molecule has 2 heterocycles. The van der Waals surface area contributed by atoms with E-state index in [0.717, 1.165) is 23.1 Å². The third-order valence-electron chi connectivity index (χ3n) is 6.33. The van der Waals surface area contributed by atoms with Gasteiger partial charge in [-0.25, -0.2) is 8.42 Å². The molecule has 0 saturated carbocycles. The Morgan fingerprint density at radius 3 is 2.18 bits per heavy atom. The van der Waals surface area contributed by atoms with Crippen LogP contribution in [0.15, 0.2) is 53.4 Å². The number of benzene rings is 2. The highest BCUT2D eigenvalue weighted by molar-refractivity contribution is 7.89. The summed E-state index contributed by atoms with van der Waals surface area (Å²) in [5, 5.41) is 12.3. The maximum Gasteiger partial charge on any atom is 0.243 e. The van der Waals surface area contributed by atoms with E-state index in [9.17, 15) is 18.5 Å². The number of nitrogens with one attached hydrogen (secondary N) is 1. The normalized spacial score (nSPS) is 19.2. The number of sulfonamides is 1. The van der Waals surface area contributed by atoms with E-state index in [1.165, 1.54) is 4.31 Å². The second kappa shape index (κ2) is 9.61. The molecule has 1 unspecified atom stereocenters. The molecule has 0 bridgehead atoms. The minimum absolute atomic E-state index is 0.303. The molecule has 4 rings (SSSR count). The molecule has 9 heteroatoms. The summed E-state index contributed by atoms with van der Waals surface area (Å²) in [6, 6.07) is 16.0. The number of carbonyl (C=O) groups is 1. The van der Waals surface area contributed by atoms with Crippen LogP contribution in [0.4, 0.5) is 0 Å². The molecular weight excluding hydrogens is 440 g/mol. The lowest BCUT2D eigenvalue weighted by Gasteiger charge is -2.32. The molecule has 2 aliphatic rings. The number of carbonyl (C=O) groups excluding carboxylic acids is 1. The molecule has 2 aromatic carbocycles. The van der Waals surface area contributed by atoms with Gasteiger partial charge in [0, 0.05) is 32.7 Å². The van der Waals surface area contributed by atoms with E-state index >= 15 is 0 Å². The van der Waals surface area contributed by atoms with Crippen molar-refractivity contribution in [3.63, 3.8) is 0 Å². The predicted molar refractivity (Wildman–Crippen MR) is 123 cm³/mol. The number of amides is 1. The summed E-state index contributed by atoms with van der Waals surface area (Å²) in [5.74, 6) is -0.317. The van der Waals surface area contributed by atoms with Gasteiger partial charge in [-0.2, -0.15) is 9.57 Å². The first-order valence-corrected chi connectivity index (χ1v) is 12.5. The van der Waals surface area contributed by atoms with Crippen LogP contribution in [0, 0.1) is 11.3 Å². The van der Waals surface area contributed by atoms with Gasteiger partial charge < -0.3 is 15.8 Å². The lowest BCUT2D eigenvalue weighted by Crippen LogP contribution is -2.58. The Labute approximate surface area is 194 Å². The highest BCUT2D eigenvalue weighted by Crippen LogP contribution is 2.26. The van der Waals surface area contributed by atoms with Crippen molar-refractivity contribution in [3.05, 3.63) is 54.1 Å². The number of nitriles is 1. The Kier molecular flexibility index (Phi) is 6.81. The molecule has 2 aromatic rings. The van der Waals surface area contributed by atoms with Gasteiger partial charge in [0.15, 0.2) is 0 Å². The average molecular weight is 469 g/mol. The molecule has 33 heavy (non-hydrogen) atoms. The summed E-state index contributed by atoms with van der Waals surface area (Å²) in [7, 11) is -3.39. The SMILES string of the molecule is N#CC(Cc1ccc(-c2ccc(S(=O)(=O)N3CCC3)cc2)cc1)NC(=O)C1(N)CCOCC1.